The number of aliphatic hydroxyl groups excluding tert-OH is 1. The molecule has 0 amide bonds. The van der Waals surface area contributed by atoms with Crippen molar-refractivity contribution in [1.82, 2.24) is 4.90 Å². The van der Waals surface area contributed by atoms with Gasteiger partial charge in [0.1, 0.15) is 5.75 Å². The van der Waals surface area contributed by atoms with Crippen molar-refractivity contribution in [3.63, 3.8) is 0 Å². The molecule has 0 heterocycles. The van der Waals surface area contributed by atoms with Crippen LogP contribution in [0.25, 0.3) is 0 Å². The van der Waals surface area contributed by atoms with E-state index < -0.39 is 6.10 Å². The highest BCUT2D eigenvalue weighted by atomic mass is 16.5. The van der Waals surface area contributed by atoms with Crippen LogP contribution in [0, 0.1) is 0 Å². The number of phenols is 2. The first kappa shape index (κ1) is 16.1. The summed E-state index contributed by atoms with van der Waals surface area (Å²) >= 11 is 0. The van der Waals surface area contributed by atoms with Crippen molar-refractivity contribution < 1.29 is 20.1 Å². The largest absolute Gasteiger partial charge is 0.508 e. The van der Waals surface area contributed by atoms with E-state index in [9.17, 15) is 15.3 Å². The van der Waals surface area contributed by atoms with Gasteiger partial charge in [0.15, 0.2) is 11.5 Å². The first-order chi connectivity index (χ1) is 10.5. The van der Waals surface area contributed by atoms with Crippen molar-refractivity contribution in [3.05, 3.63) is 53.6 Å². The molecule has 5 heteroatoms. The average molecular weight is 303 g/mol. The molecule has 0 spiro atoms. The molecule has 2 rings (SSSR count). The molecule has 0 fully saturated rings. The Kier molecular flexibility index (Phi) is 5.25. The number of nitrogens with zero attached hydrogens (tertiary/aromatic N) is 1. The lowest BCUT2D eigenvalue weighted by Gasteiger charge is -2.21. The second-order valence-corrected chi connectivity index (χ2v) is 5.31. The van der Waals surface area contributed by atoms with Gasteiger partial charge in [0.2, 0.25) is 0 Å². The number of hydrogen-bond acceptors (Lipinski definition) is 5. The number of aliphatic hydroxyl groups is 1. The predicted molar refractivity (Wildman–Crippen MR) is 84.1 cm³/mol. The third-order valence-corrected chi connectivity index (χ3v) is 3.46. The first-order valence-electron chi connectivity index (χ1n) is 7.01. The molecule has 0 unspecified atom stereocenters. The third kappa shape index (κ3) is 4.13. The van der Waals surface area contributed by atoms with Crippen LogP contribution in [0.1, 0.15) is 17.2 Å². The molecule has 0 aromatic heterocycles. The van der Waals surface area contributed by atoms with Gasteiger partial charge in [0.05, 0.1) is 13.2 Å². The van der Waals surface area contributed by atoms with Gasteiger partial charge in [-0.3, -0.25) is 4.90 Å². The monoisotopic (exact) mass is 303 g/mol. The van der Waals surface area contributed by atoms with E-state index in [2.05, 4.69) is 0 Å². The summed E-state index contributed by atoms with van der Waals surface area (Å²) < 4.78 is 5.01. The van der Waals surface area contributed by atoms with Gasteiger partial charge in [0.25, 0.3) is 0 Å². The number of methoxy groups -OCH3 is 1. The lowest BCUT2D eigenvalue weighted by atomic mass is 10.1. The second-order valence-electron chi connectivity index (χ2n) is 5.31. The minimum Gasteiger partial charge on any atom is -0.508 e. The van der Waals surface area contributed by atoms with Crippen molar-refractivity contribution in [2.24, 2.45) is 0 Å². The Hall–Kier alpha value is -2.24. The minimum absolute atomic E-state index is 0.104. The zero-order valence-electron chi connectivity index (χ0n) is 12.7. The fourth-order valence-corrected chi connectivity index (χ4v) is 2.31. The van der Waals surface area contributed by atoms with Crippen molar-refractivity contribution in [1.29, 1.82) is 0 Å². The zero-order chi connectivity index (χ0) is 16.1. The van der Waals surface area contributed by atoms with Gasteiger partial charge in [-0.15, -0.1) is 0 Å². The fourth-order valence-electron chi connectivity index (χ4n) is 2.31. The van der Waals surface area contributed by atoms with Gasteiger partial charge < -0.3 is 20.1 Å². The molecule has 0 aliphatic rings. The Morgan fingerprint density at radius 1 is 1.09 bits per heavy atom. The highest BCUT2D eigenvalue weighted by molar-refractivity contribution is 5.41. The Balaban J connectivity index is 1.96. The number of benzene rings is 2. The molecule has 22 heavy (non-hydrogen) atoms. The number of phenolic OH excluding ortho intramolecular Hbond substituents is 2. The topological polar surface area (TPSA) is 73.2 Å². The summed E-state index contributed by atoms with van der Waals surface area (Å²) in [5, 5.41) is 29.2. The molecule has 0 aliphatic carbocycles. The van der Waals surface area contributed by atoms with Crippen LogP contribution in [-0.2, 0) is 6.54 Å². The molecule has 0 radical (unpaired) electrons. The molecule has 3 N–H and O–H groups in total. The summed E-state index contributed by atoms with van der Waals surface area (Å²) in [5.41, 5.74) is 1.68. The minimum atomic E-state index is -0.641. The van der Waals surface area contributed by atoms with Gasteiger partial charge >= 0.3 is 0 Å². The van der Waals surface area contributed by atoms with E-state index in [4.69, 9.17) is 4.74 Å². The molecule has 2 aromatic carbocycles. The van der Waals surface area contributed by atoms with Gasteiger partial charge in [-0.1, -0.05) is 18.2 Å². The Morgan fingerprint density at radius 2 is 1.77 bits per heavy atom. The molecule has 118 valence electrons. The maximum atomic E-state index is 10.2. The lowest BCUT2D eigenvalue weighted by Crippen LogP contribution is -2.24. The predicted octanol–water partition coefficient (Wildman–Crippen LogP) is 2.27. The molecular formula is C17H21NO4. The van der Waals surface area contributed by atoms with Gasteiger partial charge in [-0.05, 0) is 42.4 Å². The average Bonchev–Trinajstić information content (AvgIpc) is 2.48. The number of rotatable bonds is 6. The molecular weight excluding hydrogens is 282 g/mol. The number of aromatic hydroxyl groups is 2. The van der Waals surface area contributed by atoms with Crippen LogP contribution in [0.3, 0.4) is 0 Å². The molecule has 1 atom stereocenters. The maximum absolute atomic E-state index is 10.2. The third-order valence-electron chi connectivity index (χ3n) is 3.46. The van der Waals surface area contributed by atoms with Crippen molar-refractivity contribution in [2.45, 2.75) is 12.6 Å². The summed E-state index contributed by atoms with van der Waals surface area (Å²) in [4.78, 5) is 1.96. The van der Waals surface area contributed by atoms with Crippen molar-refractivity contribution in [2.75, 3.05) is 20.7 Å². The maximum Gasteiger partial charge on any atom is 0.160 e. The Labute approximate surface area is 130 Å². The fraction of sp³-hybridized carbons (Fsp3) is 0.294. The van der Waals surface area contributed by atoms with Gasteiger partial charge in [-0.2, -0.15) is 0 Å². The smallest absolute Gasteiger partial charge is 0.160 e. The quantitative estimate of drug-likeness (QED) is 0.763. The summed E-state index contributed by atoms with van der Waals surface area (Å²) in [7, 11) is 3.40. The Morgan fingerprint density at radius 3 is 2.36 bits per heavy atom. The van der Waals surface area contributed by atoms with E-state index in [-0.39, 0.29) is 11.5 Å². The van der Waals surface area contributed by atoms with E-state index in [1.54, 1.807) is 36.4 Å². The Bertz CT molecular complexity index is 613. The normalized spacial score (nSPS) is 12.4. The van der Waals surface area contributed by atoms with Crippen LogP contribution >= 0.6 is 0 Å². The van der Waals surface area contributed by atoms with Gasteiger partial charge in [-0.25, -0.2) is 0 Å². The second kappa shape index (κ2) is 7.15. The van der Waals surface area contributed by atoms with Crippen LogP contribution in [0.5, 0.6) is 17.2 Å². The summed E-state index contributed by atoms with van der Waals surface area (Å²) in [6.45, 7) is 1.03. The van der Waals surface area contributed by atoms with Crippen molar-refractivity contribution >= 4 is 0 Å². The molecule has 0 bridgehead atoms. The zero-order valence-corrected chi connectivity index (χ0v) is 12.7. The molecule has 2 aromatic rings. The number of hydrogen-bond donors (Lipinski definition) is 3. The van der Waals surface area contributed by atoms with Crippen LogP contribution in [0.4, 0.5) is 0 Å². The lowest BCUT2D eigenvalue weighted by molar-refractivity contribution is 0.124. The van der Waals surface area contributed by atoms with E-state index >= 15 is 0 Å². The van der Waals surface area contributed by atoms with Crippen LogP contribution in [0.2, 0.25) is 0 Å². The summed E-state index contributed by atoms with van der Waals surface area (Å²) in [5.74, 6) is 0.723. The summed E-state index contributed by atoms with van der Waals surface area (Å²) in [6, 6.07) is 11.8. The van der Waals surface area contributed by atoms with E-state index in [0.717, 1.165) is 11.1 Å². The SMILES string of the molecule is COc1ccc(CN(C)C[C@H](O)c2ccc(O)cc2)cc1O. The standard InChI is InChI=1S/C17H21NO4/c1-18(10-12-3-8-17(22-2)15(20)9-12)11-16(21)13-4-6-14(19)7-5-13/h3-9,16,19-21H,10-11H2,1-2H3/t16-/m0/s1. The van der Waals surface area contributed by atoms with E-state index in [0.29, 0.717) is 18.8 Å². The number of ether oxygens (including phenoxy) is 1. The molecule has 0 saturated heterocycles. The molecule has 0 aliphatic heterocycles. The van der Waals surface area contributed by atoms with E-state index in [1.807, 2.05) is 18.0 Å². The molecule has 5 nitrogen and oxygen atoms in total. The number of likely N-dealkylation sites (N-methyl/N-ethyl adjacent to an activating group) is 1. The van der Waals surface area contributed by atoms with E-state index in [1.165, 1.54) is 7.11 Å². The van der Waals surface area contributed by atoms with Crippen LogP contribution in [0.15, 0.2) is 42.5 Å². The van der Waals surface area contributed by atoms with Crippen LogP contribution < -0.4 is 4.74 Å². The highest BCUT2D eigenvalue weighted by Crippen LogP contribution is 2.27. The highest BCUT2D eigenvalue weighted by Gasteiger charge is 2.12. The molecule has 0 saturated carbocycles. The first-order valence-corrected chi connectivity index (χ1v) is 7.01. The van der Waals surface area contributed by atoms with Crippen molar-refractivity contribution in [3.8, 4) is 17.2 Å². The van der Waals surface area contributed by atoms with Gasteiger partial charge in [0, 0.05) is 13.1 Å². The summed E-state index contributed by atoms with van der Waals surface area (Å²) in [6.07, 6.45) is -0.641. The van der Waals surface area contributed by atoms with Crippen LogP contribution in [-0.4, -0.2) is 40.9 Å².